The Morgan fingerprint density at radius 2 is 1.68 bits per heavy atom. The third kappa shape index (κ3) is 6.29. The van der Waals surface area contributed by atoms with Gasteiger partial charge in [-0.1, -0.05) is 19.1 Å². The molecule has 0 heterocycles. The molecule has 0 radical (unpaired) electrons. The molecule has 2 rings (SSSR count). The van der Waals surface area contributed by atoms with Crippen molar-refractivity contribution in [1.29, 1.82) is 0 Å². The minimum atomic E-state index is -2.89. The van der Waals surface area contributed by atoms with Gasteiger partial charge in [-0.25, -0.2) is 0 Å². The van der Waals surface area contributed by atoms with E-state index in [4.69, 9.17) is 9.47 Å². The molecule has 0 saturated carbocycles. The van der Waals surface area contributed by atoms with Gasteiger partial charge in [0.1, 0.15) is 5.75 Å². The maximum Gasteiger partial charge on any atom is 0.387 e. The summed E-state index contributed by atoms with van der Waals surface area (Å²) in [4.78, 5) is 11.9. The van der Waals surface area contributed by atoms with Gasteiger partial charge in [0.15, 0.2) is 18.1 Å². The molecular weight excluding hydrogens is 332 g/mol. The number of alkyl halides is 2. The topological polar surface area (TPSA) is 56.8 Å². The predicted octanol–water partition coefficient (Wildman–Crippen LogP) is 4.09. The fourth-order valence-corrected chi connectivity index (χ4v) is 1.96. The van der Waals surface area contributed by atoms with Gasteiger partial charge in [-0.2, -0.15) is 8.78 Å². The number of rotatable bonds is 9. The first-order chi connectivity index (χ1) is 12.1. The van der Waals surface area contributed by atoms with Crippen LogP contribution in [-0.2, 0) is 4.79 Å². The van der Waals surface area contributed by atoms with E-state index >= 15 is 0 Å². The fourth-order valence-electron chi connectivity index (χ4n) is 1.96. The summed E-state index contributed by atoms with van der Waals surface area (Å²) < 4.78 is 39.4. The molecule has 0 aliphatic heterocycles. The lowest BCUT2D eigenvalue weighted by atomic mass is 10.3. The Balaban J connectivity index is 1.86. The lowest BCUT2D eigenvalue weighted by Crippen LogP contribution is -2.20. The van der Waals surface area contributed by atoms with Crippen LogP contribution in [0.4, 0.5) is 14.5 Å². The van der Waals surface area contributed by atoms with E-state index in [1.807, 2.05) is 13.0 Å². The molecule has 5 nitrogen and oxygen atoms in total. The molecule has 2 aromatic rings. The highest BCUT2D eigenvalue weighted by Gasteiger charge is 2.09. The molecule has 0 bridgehead atoms. The van der Waals surface area contributed by atoms with Crippen LogP contribution >= 0.6 is 0 Å². The van der Waals surface area contributed by atoms with Gasteiger partial charge in [-0.15, -0.1) is 0 Å². The molecule has 0 atom stereocenters. The zero-order valence-electron chi connectivity index (χ0n) is 13.7. The van der Waals surface area contributed by atoms with Crippen LogP contribution in [0.15, 0.2) is 48.5 Å². The average Bonchev–Trinajstić information content (AvgIpc) is 2.60. The maximum atomic E-state index is 12.1. The van der Waals surface area contributed by atoms with Crippen LogP contribution < -0.4 is 19.5 Å². The van der Waals surface area contributed by atoms with Gasteiger partial charge in [0, 0.05) is 5.69 Å². The number of para-hydroxylation sites is 2. The number of anilines is 1. The summed E-state index contributed by atoms with van der Waals surface area (Å²) >= 11 is 0. The number of hydrogen-bond acceptors (Lipinski definition) is 4. The number of ether oxygens (including phenoxy) is 3. The van der Waals surface area contributed by atoms with Crippen LogP contribution in [0.3, 0.4) is 0 Å². The van der Waals surface area contributed by atoms with Crippen molar-refractivity contribution in [2.24, 2.45) is 0 Å². The van der Waals surface area contributed by atoms with Crippen LogP contribution in [-0.4, -0.2) is 25.7 Å². The number of halogens is 2. The van der Waals surface area contributed by atoms with Crippen LogP contribution in [0.1, 0.15) is 13.3 Å². The van der Waals surface area contributed by atoms with Crippen molar-refractivity contribution in [2.45, 2.75) is 20.0 Å². The highest BCUT2D eigenvalue weighted by atomic mass is 19.3. The standard InChI is InChI=1S/C18H19F2NO4/c1-2-11-23-15-5-3-4-6-16(15)24-12-17(22)21-13-7-9-14(10-8-13)25-18(19)20/h3-10,18H,2,11-12H2,1H3,(H,21,22). The minimum absolute atomic E-state index is 0.0197. The molecule has 25 heavy (non-hydrogen) atoms. The van der Waals surface area contributed by atoms with Gasteiger partial charge < -0.3 is 19.5 Å². The molecule has 0 unspecified atom stereocenters. The second-order valence-corrected chi connectivity index (χ2v) is 5.03. The quantitative estimate of drug-likeness (QED) is 0.739. The van der Waals surface area contributed by atoms with Crippen LogP contribution in [0.5, 0.6) is 17.2 Å². The largest absolute Gasteiger partial charge is 0.490 e. The number of carbonyl (C=O) groups is 1. The first-order valence-corrected chi connectivity index (χ1v) is 7.78. The Hall–Kier alpha value is -2.83. The minimum Gasteiger partial charge on any atom is -0.490 e. The predicted molar refractivity (Wildman–Crippen MR) is 89.4 cm³/mol. The molecule has 1 N–H and O–H groups in total. The molecule has 0 aliphatic rings. The monoisotopic (exact) mass is 351 g/mol. The zero-order chi connectivity index (χ0) is 18.1. The van der Waals surface area contributed by atoms with E-state index in [0.717, 1.165) is 6.42 Å². The maximum absolute atomic E-state index is 12.1. The van der Waals surface area contributed by atoms with Gasteiger partial charge in [0.2, 0.25) is 0 Å². The van der Waals surface area contributed by atoms with Gasteiger partial charge in [0.25, 0.3) is 5.91 Å². The van der Waals surface area contributed by atoms with Crippen molar-refractivity contribution in [3.8, 4) is 17.2 Å². The van der Waals surface area contributed by atoms with Gasteiger partial charge in [-0.05, 0) is 42.8 Å². The molecule has 2 aromatic carbocycles. The van der Waals surface area contributed by atoms with Crippen LogP contribution in [0.2, 0.25) is 0 Å². The second-order valence-electron chi connectivity index (χ2n) is 5.03. The molecule has 7 heteroatoms. The summed E-state index contributed by atoms with van der Waals surface area (Å²) in [6, 6.07) is 12.7. The summed E-state index contributed by atoms with van der Waals surface area (Å²) in [7, 11) is 0. The molecule has 0 fully saturated rings. The third-order valence-corrected chi connectivity index (χ3v) is 3.03. The normalized spacial score (nSPS) is 10.4. The van der Waals surface area contributed by atoms with Gasteiger partial charge in [0.05, 0.1) is 6.61 Å². The molecule has 134 valence electrons. The fraction of sp³-hybridized carbons (Fsp3) is 0.278. The van der Waals surface area contributed by atoms with E-state index in [1.54, 1.807) is 18.2 Å². The lowest BCUT2D eigenvalue weighted by Gasteiger charge is -2.12. The molecular formula is C18H19F2NO4. The van der Waals surface area contributed by atoms with Gasteiger partial charge in [-0.3, -0.25) is 4.79 Å². The Bertz CT molecular complexity index is 677. The highest BCUT2D eigenvalue weighted by Crippen LogP contribution is 2.26. The molecule has 1 amide bonds. The number of amides is 1. The number of nitrogens with one attached hydrogen (secondary N) is 1. The van der Waals surface area contributed by atoms with E-state index in [2.05, 4.69) is 10.1 Å². The van der Waals surface area contributed by atoms with E-state index in [-0.39, 0.29) is 18.3 Å². The second kappa shape index (κ2) is 9.46. The summed E-state index contributed by atoms with van der Waals surface area (Å²) in [5, 5.41) is 2.61. The summed E-state index contributed by atoms with van der Waals surface area (Å²) in [6.07, 6.45) is 0.861. The highest BCUT2D eigenvalue weighted by molar-refractivity contribution is 5.91. The number of hydrogen-bond donors (Lipinski definition) is 1. The smallest absolute Gasteiger partial charge is 0.387 e. The van der Waals surface area contributed by atoms with Crippen molar-refractivity contribution in [1.82, 2.24) is 0 Å². The summed E-state index contributed by atoms with van der Waals surface area (Å²) in [5.41, 5.74) is 0.450. The van der Waals surface area contributed by atoms with Crippen LogP contribution in [0.25, 0.3) is 0 Å². The van der Waals surface area contributed by atoms with Crippen molar-refractivity contribution in [2.75, 3.05) is 18.5 Å². The van der Waals surface area contributed by atoms with Gasteiger partial charge >= 0.3 is 6.61 Å². The molecule has 0 spiro atoms. The number of benzene rings is 2. The Morgan fingerprint density at radius 1 is 1.04 bits per heavy atom. The third-order valence-electron chi connectivity index (χ3n) is 3.03. The summed E-state index contributed by atoms with van der Waals surface area (Å²) in [6.45, 7) is -0.542. The zero-order valence-corrected chi connectivity index (χ0v) is 13.7. The SMILES string of the molecule is CCCOc1ccccc1OCC(=O)Nc1ccc(OC(F)F)cc1. The first-order valence-electron chi connectivity index (χ1n) is 7.78. The van der Waals surface area contributed by atoms with E-state index in [0.29, 0.717) is 23.8 Å². The summed E-state index contributed by atoms with van der Waals surface area (Å²) in [5.74, 6) is 0.691. The molecule has 0 aliphatic carbocycles. The Labute approximate surface area is 144 Å². The van der Waals surface area contributed by atoms with Crippen molar-refractivity contribution in [3.63, 3.8) is 0 Å². The molecule has 0 saturated heterocycles. The van der Waals surface area contributed by atoms with Crippen LogP contribution in [0, 0.1) is 0 Å². The van der Waals surface area contributed by atoms with Crippen molar-refractivity contribution >= 4 is 11.6 Å². The number of carbonyl (C=O) groups excluding carboxylic acids is 1. The molecule has 0 aromatic heterocycles. The Morgan fingerprint density at radius 3 is 2.28 bits per heavy atom. The lowest BCUT2D eigenvalue weighted by molar-refractivity contribution is -0.118. The average molecular weight is 351 g/mol. The van der Waals surface area contributed by atoms with Crippen molar-refractivity contribution in [3.05, 3.63) is 48.5 Å². The first kappa shape index (κ1) is 18.5. The van der Waals surface area contributed by atoms with E-state index in [1.165, 1.54) is 24.3 Å². The van der Waals surface area contributed by atoms with E-state index < -0.39 is 6.61 Å². The van der Waals surface area contributed by atoms with E-state index in [9.17, 15) is 13.6 Å². The Kier molecular flexibility index (Phi) is 7.00. The van der Waals surface area contributed by atoms with Crippen molar-refractivity contribution < 1.29 is 27.8 Å².